The fourth-order valence-electron chi connectivity index (χ4n) is 10.7. The van der Waals surface area contributed by atoms with Gasteiger partial charge < -0.3 is 4.42 Å². The molecule has 10 aromatic rings. The Morgan fingerprint density at radius 3 is 2.00 bits per heavy atom. The van der Waals surface area contributed by atoms with Gasteiger partial charge in [0.1, 0.15) is 16.8 Å². The topological polar surface area (TPSA) is 25.8 Å². The molecule has 0 amide bonds. The van der Waals surface area contributed by atoms with Gasteiger partial charge in [-0.3, -0.25) is 0 Å². The van der Waals surface area contributed by atoms with E-state index in [-0.39, 0.29) is 0 Å². The van der Waals surface area contributed by atoms with E-state index in [2.05, 4.69) is 223 Å². The number of rotatable bonds is 6. The predicted molar refractivity (Wildman–Crippen MR) is 252 cm³/mol. The molecule has 0 saturated carbocycles. The summed E-state index contributed by atoms with van der Waals surface area (Å²) in [4.78, 5) is 0. The number of fused-ring (bicyclic) bond motifs is 16. The number of aromatic nitrogens is 3. The Bertz CT molecular complexity index is 3390. The summed E-state index contributed by atoms with van der Waals surface area (Å²) >= 11 is 0. The largest absolute Gasteiger partial charge is 0.455 e. The van der Waals surface area contributed by atoms with Gasteiger partial charge in [-0.1, -0.05) is 143 Å². The van der Waals surface area contributed by atoms with E-state index in [4.69, 9.17) is 4.42 Å². The van der Waals surface area contributed by atoms with E-state index in [1.54, 1.807) is 0 Å². The first-order chi connectivity index (χ1) is 29.7. The fourth-order valence-corrected chi connectivity index (χ4v) is 12.3. The molecule has 0 radical (unpaired) electrons. The van der Waals surface area contributed by atoms with Gasteiger partial charge in [-0.25, -0.2) is 0 Å². The lowest BCUT2D eigenvalue weighted by molar-refractivity contribution is -0.944. The molecule has 7 aromatic carbocycles. The molecule has 2 aliphatic heterocycles. The average Bonchev–Trinajstić information content (AvgIpc) is 3.99. The molecular formula is C56H47N3OSi+2. The van der Waals surface area contributed by atoms with Crippen molar-refractivity contribution in [2.45, 2.75) is 45.6 Å². The van der Waals surface area contributed by atoms with Crippen LogP contribution >= 0.6 is 0 Å². The van der Waals surface area contributed by atoms with Gasteiger partial charge in [0, 0.05) is 22.0 Å². The SMILES string of the molecule is CC(C)Cc1cc2[n+](cc1[Si](C)(C)C)C1(c3ccc(-c4ccccc4)cc3-2)c2ccc3c(oc4ccccc43)c2-c2n(-c3ccc(-c4ccccc4)cc3)c3ccccc3[n+]21. The molecule has 12 rings (SSSR count). The molecule has 294 valence electrons. The van der Waals surface area contributed by atoms with Crippen LogP contribution in [0.1, 0.15) is 30.5 Å². The first-order valence-electron chi connectivity index (χ1n) is 21.7. The number of furan rings is 1. The Labute approximate surface area is 357 Å². The number of pyridine rings is 1. The summed E-state index contributed by atoms with van der Waals surface area (Å²) in [6.07, 6.45) is 3.62. The number of imidazole rings is 1. The summed E-state index contributed by atoms with van der Waals surface area (Å²) in [6.45, 7) is 12.2. The molecule has 0 fully saturated rings. The minimum absolute atomic E-state index is 0.532. The van der Waals surface area contributed by atoms with Crippen molar-refractivity contribution in [2.24, 2.45) is 5.92 Å². The van der Waals surface area contributed by atoms with E-state index in [1.807, 2.05) is 0 Å². The Morgan fingerprint density at radius 1 is 0.623 bits per heavy atom. The van der Waals surface area contributed by atoms with Gasteiger partial charge in [-0.15, -0.1) is 9.13 Å². The van der Waals surface area contributed by atoms with Crippen molar-refractivity contribution >= 4 is 46.2 Å². The molecule has 4 nitrogen and oxygen atoms in total. The van der Waals surface area contributed by atoms with Crippen molar-refractivity contribution in [1.29, 1.82) is 0 Å². The van der Waals surface area contributed by atoms with Crippen molar-refractivity contribution in [1.82, 2.24) is 4.57 Å². The van der Waals surface area contributed by atoms with Gasteiger partial charge in [0.15, 0.2) is 22.8 Å². The molecule has 5 heterocycles. The van der Waals surface area contributed by atoms with E-state index in [0.717, 1.165) is 51.0 Å². The van der Waals surface area contributed by atoms with E-state index in [9.17, 15) is 0 Å². The molecule has 1 unspecified atom stereocenters. The van der Waals surface area contributed by atoms with Crippen LogP contribution in [0.5, 0.6) is 0 Å². The van der Waals surface area contributed by atoms with Gasteiger partial charge in [0.2, 0.25) is 5.69 Å². The Morgan fingerprint density at radius 2 is 1.26 bits per heavy atom. The normalized spacial score (nSPS) is 15.2. The van der Waals surface area contributed by atoms with Gasteiger partial charge in [-0.2, -0.15) is 4.57 Å². The lowest BCUT2D eigenvalue weighted by Gasteiger charge is -2.24. The van der Waals surface area contributed by atoms with Crippen LogP contribution in [-0.2, 0) is 12.1 Å². The van der Waals surface area contributed by atoms with Crippen LogP contribution in [-0.4, -0.2) is 12.6 Å². The second-order valence-corrected chi connectivity index (χ2v) is 23.5. The summed E-state index contributed by atoms with van der Waals surface area (Å²) in [5.41, 5.74) is 17.0. The highest BCUT2D eigenvalue weighted by molar-refractivity contribution is 6.89. The molecule has 0 N–H and O–H groups in total. The molecule has 0 aliphatic carbocycles. The third-order valence-corrected chi connectivity index (χ3v) is 15.3. The second kappa shape index (κ2) is 13.1. The van der Waals surface area contributed by atoms with Crippen molar-refractivity contribution < 1.29 is 13.6 Å². The first kappa shape index (κ1) is 36.1. The van der Waals surface area contributed by atoms with E-state index >= 15 is 0 Å². The third-order valence-electron chi connectivity index (χ3n) is 13.2. The fraction of sp³-hybridized carbons (Fsp3) is 0.143. The molecule has 1 spiro atoms. The first-order valence-corrected chi connectivity index (χ1v) is 25.2. The monoisotopic (exact) mass is 805 g/mol. The van der Waals surface area contributed by atoms with Gasteiger partial charge in [-0.05, 0) is 94.8 Å². The molecule has 2 aliphatic rings. The Balaban J connectivity index is 1.26. The van der Waals surface area contributed by atoms with Crippen molar-refractivity contribution in [2.75, 3.05) is 0 Å². The third kappa shape index (κ3) is 5.10. The molecule has 3 aromatic heterocycles. The number of hydrogen-bond donors (Lipinski definition) is 0. The van der Waals surface area contributed by atoms with Gasteiger partial charge in [0.05, 0.1) is 24.8 Å². The molecule has 0 bridgehead atoms. The van der Waals surface area contributed by atoms with Crippen LogP contribution in [0.15, 0.2) is 180 Å². The predicted octanol–water partition coefficient (Wildman–Crippen LogP) is 12.4. The zero-order chi connectivity index (χ0) is 41.2. The highest BCUT2D eigenvalue weighted by Crippen LogP contribution is 2.53. The summed E-state index contributed by atoms with van der Waals surface area (Å²) < 4.78 is 14.9. The second-order valence-electron chi connectivity index (χ2n) is 18.5. The standard InChI is InChI=1S/C56H47N3OSi/c1-36(2)32-41-34-50-45-33-40(38-18-10-7-11-19-38)26-30-46(45)56(57(50)35-52(41)61(3,4)5)47-31-29-44-43-20-12-15-23-51(43)60-54(44)53(47)55-58(48-21-13-14-22-49(48)59(55)56)42-27-24-39(25-28-42)37-16-8-6-9-17-37/h6-31,33-36H,32H2,1-5H3/q+2. The van der Waals surface area contributed by atoms with Crippen LogP contribution in [0.4, 0.5) is 0 Å². The lowest BCUT2D eigenvalue weighted by Crippen LogP contribution is -2.72. The van der Waals surface area contributed by atoms with Crippen molar-refractivity contribution in [3.63, 3.8) is 0 Å². The highest BCUT2D eigenvalue weighted by atomic mass is 28.3. The maximum atomic E-state index is 7.08. The van der Waals surface area contributed by atoms with E-state index in [0.29, 0.717) is 5.92 Å². The number of hydrogen-bond acceptors (Lipinski definition) is 1. The van der Waals surface area contributed by atoms with Crippen molar-refractivity contribution in [3.8, 4) is 50.6 Å². The maximum Gasteiger partial charge on any atom is 0.364 e. The zero-order valence-corrected chi connectivity index (χ0v) is 36.3. The zero-order valence-electron chi connectivity index (χ0n) is 35.3. The Kier molecular flexibility index (Phi) is 7.74. The molecular weight excluding hydrogens is 759 g/mol. The average molecular weight is 806 g/mol. The van der Waals surface area contributed by atoms with Crippen molar-refractivity contribution in [3.05, 3.63) is 193 Å². The quantitative estimate of drug-likeness (QED) is 0.121. The summed E-state index contributed by atoms with van der Waals surface area (Å²) in [6, 6.07) is 62.6. The number of nitrogens with zero attached hydrogens (tertiary/aromatic N) is 3. The summed E-state index contributed by atoms with van der Waals surface area (Å²) in [7, 11) is -1.86. The molecule has 1 atom stereocenters. The van der Waals surface area contributed by atoms with Gasteiger partial charge in [0.25, 0.3) is 0 Å². The Hall–Kier alpha value is -6.82. The van der Waals surface area contributed by atoms with Crippen LogP contribution in [0.2, 0.25) is 19.6 Å². The number of benzene rings is 7. The summed E-state index contributed by atoms with van der Waals surface area (Å²) in [5.74, 6) is 1.65. The maximum absolute atomic E-state index is 7.08. The summed E-state index contributed by atoms with van der Waals surface area (Å²) in [5, 5.41) is 3.78. The molecule has 61 heavy (non-hydrogen) atoms. The van der Waals surface area contributed by atoms with E-state index < -0.39 is 13.7 Å². The molecule has 0 saturated heterocycles. The minimum atomic E-state index is -1.86. The van der Waals surface area contributed by atoms with Crippen LogP contribution in [0.3, 0.4) is 0 Å². The van der Waals surface area contributed by atoms with Gasteiger partial charge >= 0.3 is 11.5 Å². The van der Waals surface area contributed by atoms with E-state index in [1.165, 1.54) is 60.9 Å². The van der Waals surface area contributed by atoms with Crippen LogP contribution < -0.4 is 14.3 Å². The minimum Gasteiger partial charge on any atom is -0.455 e. The highest BCUT2D eigenvalue weighted by Gasteiger charge is 2.67. The smallest absolute Gasteiger partial charge is 0.364 e. The molecule has 5 heteroatoms. The lowest BCUT2D eigenvalue weighted by atomic mass is 9.87. The number of para-hydroxylation sites is 3. The van der Waals surface area contributed by atoms with Crippen LogP contribution in [0.25, 0.3) is 83.6 Å². The van der Waals surface area contributed by atoms with Crippen LogP contribution in [0, 0.1) is 5.92 Å².